The highest BCUT2D eigenvalue weighted by molar-refractivity contribution is 7.90. The van der Waals surface area contributed by atoms with Crippen molar-refractivity contribution in [1.82, 2.24) is 25.1 Å². The Hall–Kier alpha value is -2.92. The molecule has 0 radical (unpaired) electrons. The standard InChI is InChI=1S/C20H26N8O2S/c1-27-9-11-28(12-10-27)15-7-5-14(6-8-15)22-20-23-17(21-13-3-4-13)16-18(24-20)25-26-19(16)31(2,29)30/h5-8,13H,3-4,9-12H2,1-2H3,(H3,21,22,23,24,25,26). The third kappa shape index (κ3) is 4.28. The number of hydrogen-bond acceptors (Lipinski definition) is 9. The molecule has 11 heteroatoms. The molecule has 1 saturated carbocycles. The molecule has 2 fully saturated rings. The van der Waals surface area contributed by atoms with Gasteiger partial charge in [0.25, 0.3) is 0 Å². The van der Waals surface area contributed by atoms with Gasteiger partial charge in [0.1, 0.15) is 11.2 Å². The molecule has 0 spiro atoms. The number of H-pyrrole nitrogens is 1. The van der Waals surface area contributed by atoms with Gasteiger partial charge in [0.2, 0.25) is 5.95 Å². The summed E-state index contributed by atoms with van der Waals surface area (Å²) in [5.41, 5.74) is 2.44. The molecule has 10 nitrogen and oxygen atoms in total. The minimum Gasteiger partial charge on any atom is -0.369 e. The molecule has 1 aliphatic heterocycles. The number of nitrogens with one attached hydrogen (secondary N) is 3. The summed E-state index contributed by atoms with van der Waals surface area (Å²) in [5, 5.41) is 13.6. The maximum atomic E-state index is 12.1. The first-order chi connectivity index (χ1) is 14.9. The fraction of sp³-hybridized carbons (Fsp3) is 0.450. The van der Waals surface area contributed by atoms with Crippen LogP contribution in [0.25, 0.3) is 11.0 Å². The van der Waals surface area contributed by atoms with Crippen LogP contribution in [0.1, 0.15) is 12.8 Å². The lowest BCUT2D eigenvalue weighted by Crippen LogP contribution is -2.44. The van der Waals surface area contributed by atoms with Crippen molar-refractivity contribution in [3.8, 4) is 0 Å². The van der Waals surface area contributed by atoms with E-state index in [0.29, 0.717) is 28.8 Å². The van der Waals surface area contributed by atoms with E-state index in [-0.39, 0.29) is 5.03 Å². The first kappa shape index (κ1) is 20.0. The van der Waals surface area contributed by atoms with E-state index in [4.69, 9.17) is 0 Å². The third-order valence-corrected chi connectivity index (χ3v) is 6.65. The quantitative estimate of drug-likeness (QED) is 0.525. The lowest BCUT2D eigenvalue weighted by Gasteiger charge is -2.34. The zero-order valence-electron chi connectivity index (χ0n) is 17.6. The Labute approximate surface area is 181 Å². The molecule has 164 valence electrons. The Morgan fingerprint density at radius 1 is 1.06 bits per heavy atom. The number of rotatable bonds is 6. The predicted octanol–water partition coefficient (Wildman–Crippen LogP) is 1.83. The van der Waals surface area contributed by atoms with Crippen molar-refractivity contribution in [2.75, 3.05) is 55.0 Å². The van der Waals surface area contributed by atoms with Gasteiger partial charge in [-0.3, -0.25) is 5.10 Å². The molecule has 5 rings (SSSR count). The number of fused-ring (bicyclic) bond motifs is 1. The van der Waals surface area contributed by atoms with Gasteiger partial charge in [-0.15, -0.1) is 0 Å². The van der Waals surface area contributed by atoms with E-state index in [1.54, 1.807) is 0 Å². The monoisotopic (exact) mass is 442 g/mol. The summed E-state index contributed by atoms with van der Waals surface area (Å²) in [6.07, 6.45) is 3.21. The largest absolute Gasteiger partial charge is 0.369 e. The second kappa shape index (κ2) is 7.65. The van der Waals surface area contributed by atoms with Gasteiger partial charge in [-0.25, -0.2) is 8.42 Å². The summed E-state index contributed by atoms with van der Waals surface area (Å²) in [7, 11) is -1.36. The molecule has 1 aromatic carbocycles. The maximum absolute atomic E-state index is 12.1. The smallest absolute Gasteiger partial charge is 0.231 e. The molecule has 1 saturated heterocycles. The van der Waals surface area contributed by atoms with E-state index in [9.17, 15) is 8.42 Å². The number of likely N-dealkylation sites (N-methyl/N-ethyl adjacent to an activating group) is 1. The predicted molar refractivity (Wildman–Crippen MR) is 121 cm³/mol. The number of benzene rings is 1. The van der Waals surface area contributed by atoms with Crippen LogP contribution < -0.4 is 15.5 Å². The van der Waals surface area contributed by atoms with E-state index in [1.807, 2.05) is 12.1 Å². The van der Waals surface area contributed by atoms with Gasteiger partial charge in [0.05, 0.1) is 0 Å². The van der Waals surface area contributed by atoms with E-state index in [0.717, 1.165) is 51.0 Å². The number of piperazine rings is 1. The minimum absolute atomic E-state index is 0.0336. The Bertz CT molecular complexity index is 1200. The van der Waals surface area contributed by atoms with E-state index in [1.165, 1.54) is 5.69 Å². The Kier molecular flexibility index (Phi) is 4.94. The summed E-state index contributed by atoms with van der Waals surface area (Å²) in [5.74, 6) is 0.866. The third-order valence-electron chi connectivity index (χ3n) is 5.65. The van der Waals surface area contributed by atoms with Crippen molar-refractivity contribution in [3.05, 3.63) is 24.3 Å². The van der Waals surface area contributed by atoms with Crippen LogP contribution in [0.4, 0.5) is 23.1 Å². The van der Waals surface area contributed by atoms with Crippen molar-refractivity contribution in [2.45, 2.75) is 23.9 Å². The second-order valence-electron chi connectivity index (χ2n) is 8.30. The van der Waals surface area contributed by atoms with Gasteiger partial charge in [-0.05, 0) is 44.2 Å². The highest BCUT2D eigenvalue weighted by atomic mass is 32.2. The molecule has 0 bridgehead atoms. The van der Waals surface area contributed by atoms with Crippen molar-refractivity contribution in [1.29, 1.82) is 0 Å². The van der Waals surface area contributed by atoms with Gasteiger partial charge < -0.3 is 20.4 Å². The highest BCUT2D eigenvalue weighted by Gasteiger charge is 2.27. The summed E-state index contributed by atoms with van der Waals surface area (Å²) in [4.78, 5) is 13.7. The molecule has 1 aliphatic carbocycles. The second-order valence-corrected chi connectivity index (χ2v) is 10.2. The average Bonchev–Trinajstić information content (AvgIpc) is 3.43. The summed E-state index contributed by atoms with van der Waals surface area (Å²) < 4.78 is 24.3. The van der Waals surface area contributed by atoms with Crippen LogP contribution in [0.15, 0.2) is 29.3 Å². The van der Waals surface area contributed by atoms with Gasteiger partial charge in [0, 0.05) is 49.9 Å². The molecular formula is C20H26N8O2S. The topological polar surface area (TPSA) is 119 Å². The molecule has 3 N–H and O–H groups in total. The van der Waals surface area contributed by atoms with Gasteiger partial charge >= 0.3 is 0 Å². The molecule has 0 unspecified atom stereocenters. The molecule has 2 aliphatic rings. The molecular weight excluding hydrogens is 416 g/mol. The zero-order valence-corrected chi connectivity index (χ0v) is 18.4. The van der Waals surface area contributed by atoms with Crippen LogP contribution in [-0.2, 0) is 9.84 Å². The van der Waals surface area contributed by atoms with Gasteiger partial charge in [0.15, 0.2) is 20.5 Å². The number of anilines is 4. The average molecular weight is 443 g/mol. The number of hydrogen-bond donors (Lipinski definition) is 3. The van der Waals surface area contributed by atoms with Crippen molar-refractivity contribution < 1.29 is 8.42 Å². The number of nitrogens with zero attached hydrogens (tertiary/aromatic N) is 5. The van der Waals surface area contributed by atoms with Crippen molar-refractivity contribution >= 4 is 44.0 Å². The fourth-order valence-electron chi connectivity index (χ4n) is 3.70. The normalized spacial score (nSPS) is 17.8. The highest BCUT2D eigenvalue weighted by Crippen LogP contribution is 2.32. The van der Waals surface area contributed by atoms with Crippen LogP contribution in [0.3, 0.4) is 0 Å². The van der Waals surface area contributed by atoms with Gasteiger partial charge in [-0.1, -0.05) is 0 Å². The number of aromatic nitrogens is 4. The number of sulfone groups is 1. The van der Waals surface area contributed by atoms with Crippen LogP contribution >= 0.6 is 0 Å². The van der Waals surface area contributed by atoms with E-state index < -0.39 is 9.84 Å². The molecule has 0 amide bonds. The Balaban J connectivity index is 1.41. The summed E-state index contributed by atoms with van der Waals surface area (Å²) in [6.45, 7) is 4.15. The van der Waals surface area contributed by atoms with Crippen LogP contribution in [0.2, 0.25) is 0 Å². The molecule has 31 heavy (non-hydrogen) atoms. The molecule has 3 aromatic rings. The van der Waals surface area contributed by atoms with E-state index in [2.05, 4.69) is 59.8 Å². The molecule has 2 aromatic heterocycles. The summed E-state index contributed by atoms with van der Waals surface area (Å²) >= 11 is 0. The van der Waals surface area contributed by atoms with E-state index >= 15 is 0 Å². The van der Waals surface area contributed by atoms with Crippen molar-refractivity contribution in [2.24, 2.45) is 0 Å². The lowest BCUT2D eigenvalue weighted by atomic mass is 10.2. The van der Waals surface area contributed by atoms with Crippen LogP contribution in [-0.4, -0.2) is 79.0 Å². The lowest BCUT2D eigenvalue weighted by molar-refractivity contribution is 0.313. The minimum atomic E-state index is -3.51. The Morgan fingerprint density at radius 3 is 2.42 bits per heavy atom. The van der Waals surface area contributed by atoms with Gasteiger partial charge in [-0.2, -0.15) is 15.1 Å². The number of aromatic amines is 1. The SMILES string of the molecule is CN1CCN(c2ccc(Nc3nc(NC4CC4)c4c(S(C)(=O)=O)n[nH]c4n3)cc2)CC1. The maximum Gasteiger partial charge on any atom is 0.231 e. The first-order valence-corrected chi connectivity index (χ1v) is 12.3. The van der Waals surface area contributed by atoms with Crippen LogP contribution in [0, 0.1) is 0 Å². The van der Waals surface area contributed by atoms with Crippen LogP contribution in [0.5, 0.6) is 0 Å². The summed E-state index contributed by atoms with van der Waals surface area (Å²) in [6, 6.07) is 8.49. The first-order valence-electron chi connectivity index (χ1n) is 10.4. The molecule has 3 heterocycles. The zero-order chi connectivity index (χ0) is 21.6. The Morgan fingerprint density at radius 2 is 1.77 bits per heavy atom. The molecule has 0 atom stereocenters. The van der Waals surface area contributed by atoms with Crippen molar-refractivity contribution in [3.63, 3.8) is 0 Å². The fourth-order valence-corrected chi connectivity index (χ4v) is 4.48.